The first-order chi connectivity index (χ1) is 10.8. The number of hydrogen-bond acceptors (Lipinski definition) is 4. The van der Waals surface area contributed by atoms with Crippen LogP contribution in [0, 0.1) is 13.8 Å². The van der Waals surface area contributed by atoms with Gasteiger partial charge >= 0.3 is 5.97 Å². The largest absolute Gasteiger partial charge is 0.478 e. The molecule has 0 fully saturated rings. The fourth-order valence-corrected chi connectivity index (χ4v) is 4.52. The molecular weight excluding hydrogens is 334 g/mol. The van der Waals surface area contributed by atoms with Crippen molar-refractivity contribution >= 4 is 27.3 Å². The second kappa shape index (κ2) is 7.25. The molecule has 2 aromatic rings. The van der Waals surface area contributed by atoms with Crippen LogP contribution >= 0.6 is 11.3 Å². The number of benzene rings is 1. The zero-order chi connectivity index (χ0) is 17.0. The van der Waals surface area contributed by atoms with Gasteiger partial charge in [0.1, 0.15) is 4.21 Å². The van der Waals surface area contributed by atoms with E-state index in [1.165, 1.54) is 28.1 Å². The lowest BCUT2D eigenvalue weighted by Crippen LogP contribution is -2.24. The summed E-state index contributed by atoms with van der Waals surface area (Å²) in [6.45, 7) is 4.40. The third-order valence-corrected chi connectivity index (χ3v) is 6.40. The lowest BCUT2D eigenvalue weighted by molar-refractivity contribution is 0.0697. The topological polar surface area (TPSA) is 83.5 Å². The van der Waals surface area contributed by atoms with Crippen molar-refractivity contribution in [2.45, 2.75) is 30.9 Å². The Bertz CT molecular complexity index is 809. The Morgan fingerprint density at radius 2 is 2.00 bits per heavy atom. The molecular formula is C16H19NO4S2. The third-order valence-electron chi connectivity index (χ3n) is 3.50. The average Bonchev–Trinajstić information content (AvgIpc) is 2.96. The van der Waals surface area contributed by atoms with Gasteiger partial charge in [-0.05, 0) is 43.9 Å². The summed E-state index contributed by atoms with van der Waals surface area (Å²) in [4.78, 5) is 10.8. The number of rotatable bonds is 7. The van der Waals surface area contributed by atoms with Gasteiger partial charge in [-0.15, -0.1) is 11.3 Å². The number of thiophene rings is 1. The molecule has 2 rings (SSSR count). The fraction of sp³-hybridized carbons (Fsp3) is 0.312. The predicted molar refractivity (Wildman–Crippen MR) is 90.7 cm³/mol. The summed E-state index contributed by atoms with van der Waals surface area (Å²) >= 11 is 0.912. The number of aromatic carboxylic acids is 1. The summed E-state index contributed by atoms with van der Waals surface area (Å²) in [5.74, 6) is -1.13. The lowest BCUT2D eigenvalue weighted by Gasteiger charge is -2.08. The van der Waals surface area contributed by atoms with Gasteiger partial charge in [0.25, 0.3) is 0 Å². The normalized spacial score (nSPS) is 11.6. The minimum absolute atomic E-state index is 0.00865. The Morgan fingerprint density at radius 3 is 2.61 bits per heavy atom. The number of sulfonamides is 1. The quantitative estimate of drug-likeness (QED) is 0.750. The molecule has 0 saturated carbocycles. The summed E-state index contributed by atoms with van der Waals surface area (Å²) < 4.78 is 26.7. The lowest BCUT2D eigenvalue weighted by atomic mass is 10.0. The molecule has 2 N–H and O–H groups in total. The molecule has 124 valence electrons. The number of carboxylic acids is 1. The smallest absolute Gasteiger partial charge is 0.336 e. The molecule has 0 unspecified atom stereocenters. The Labute approximate surface area is 140 Å². The Morgan fingerprint density at radius 1 is 1.26 bits per heavy atom. The SMILES string of the molecule is Cc1ccc(CCCNS(=O)(=O)c2cc(C(=O)O)cs2)c(C)c1. The first kappa shape index (κ1) is 17.7. The average molecular weight is 353 g/mol. The van der Waals surface area contributed by atoms with E-state index in [2.05, 4.69) is 16.9 Å². The summed E-state index contributed by atoms with van der Waals surface area (Å²) in [5.41, 5.74) is 3.61. The molecule has 23 heavy (non-hydrogen) atoms. The van der Waals surface area contributed by atoms with E-state index in [9.17, 15) is 13.2 Å². The van der Waals surface area contributed by atoms with Crippen molar-refractivity contribution in [3.63, 3.8) is 0 Å². The molecule has 0 spiro atoms. The van der Waals surface area contributed by atoms with E-state index in [1.807, 2.05) is 19.9 Å². The summed E-state index contributed by atoms with van der Waals surface area (Å²) in [5, 5.41) is 10.2. The molecule has 5 nitrogen and oxygen atoms in total. The highest BCUT2D eigenvalue weighted by molar-refractivity contribution is 7.91. The summed E-state index contributed by atoms with van der Waals surface area (Å²) in [7, 11) is -3.64. The molecule has 1 aromatic heterocycles. The molecule has 1 heterocycles. The molecule has 1 aromatic carbocycles. The van der Waals surface area contributed by atoms with E-state index in [0.29, 0.717) is 13.0 Å². The van der Waals surface area contributed by atoms with Crippen molar-refractivity contribution in [3.05, 3.63) is 51.9 Å². The highest BCUT2D eigenvalue weighted by Gasteiger charge is 2.18. The number of carbonyl (C=O) groups is 1. The Hall–Kier alpha value is -1.70. The van der Waals surface area contributed by atoms with Crippen LogP contribution in [0.25, 0.3) is 0 Å². The minimum atomic E-state index is -3.64. The molecule has 0 aliphatic heterocycles. The van der Waals surface area contributed by atoms with Crippen LogP contribution in [0.15, 0.2) is 33.9 Å². The van der Waals surface area contributed by atoms with E-state index in [-0.39, 0.29) is 9.77 Å². The summed E-state index contributed by atoms with van der Waals surface area (Å²) in [6, 6.07) is 7.40. The van der Waals surface area contributed by atoms with Crippen LogP contribution in [0.5, 0.6) is 0 Å². The van der Waals surface area contributed by atoms with E-state index < -0.39 is 16.0 Å². The number of aryl methyl sites for hydroxylation is 3. The first-order valence-corrected chi connectivity index (χ1v) is 9.53. The van der Waals surface area contributed by atoms with E-state index in [1.54, 1.807) is 0 Å². The van der Waals surface area contributed by atoms with Gasteiger partial charge in [-0.2, -0.15) is 0 Å². The molecule has 0 saturated heterocycles. The van der Waals surface area contributed by atoms with Crippen molar-refractivity contribution in [1.82, 2.24) is 4.72 Å². The molecule has 0 bridgehead atoms. The van der Waals surface area contributed by atoms with Gasteiger partial charge in [0.2, 0.25) is 10.0 Å². The molecule has 0 aliphatic rings. The monoisotopic (exact) mass is 353 g/mol. The minimum Gasteiger partial charge on any atom is -0.478 e. The number of hydrogen-bond donors (Lipinski definition) is 2. The van der Waals surface area contributed by atoms with Crippen molar-refractivity contribution in [1.29, 1.82) is 0 Å². The first-order valence-electron chi connectivity index (χ1n) is 7.17. The number of carboxylic acid groups (broad SMARTS) is 1. The van der Waals surface area contributed by atoms with Crippen LogP contribution in [0.1, 0.15) is 33.5 Å². The van der Waals surface area contributed by atoms with Crippen LogP contribution in [0.2, 0.25) is 0 Å². The van der Waals surface area contributed by atoms with Gasteiger partial charge < -0.3 is 5.11 Å². The van der Waals surface area contributed by atoms with Crippen LogP contribution < -0.4 is 4.72 Å². The zero-order valence-corrected chi connectivity index (χ0v) is 14.6. The van der Waals surface area contributed by atoms with E-state index in [4.69, 9.17) is 5.11 Å². The van der Waals surface area contributed by atoms with Crippen LogP contribution in [0.4, 0.5) is 0 Å². The van der Waals surface area contributed by atoms with Gasteiger partial charge in [-0.1, -0.05) is 23.8 Å². The number of nitrogens with one attached hydrogen (secondary N) is 1. The standard InChI is InChI=1S/C16H19NO4S2/c1-11-5-6-13(12(2)8-11)4-3-7-17-23(20,21)15-9-14(10-22-15)16(18)19/h5-6,8-10,17H,3-4,7H2,1-2H3,(H,18,19). The second-order valence-electron chi connectivity index (χ2n) is 5.39. The molecule has 7 heteroatoms. The van der Waals surface area contributed by atoms with Crippen LogP contribution in [0.3, 0.4) is 0 Å². The highest BCUT2D eigenvalue weighted by Crippen LogP contribution is 2.20. The Balaban J connectivity index is 1.90. The molecule has 0 radical (unpaired) electrons. The van der Waals surface area contributed by atoms with E-state index in [0.717, 1.165) is 17.8 Å². The van der Waals surface area contributed by atoms with E-state index >= 15 is 0 Å². The van der Waals surface area contributed by atoms with Gasteiger partial charge in [-0.25, -0.2) is 17.9 Å². The van der Waals surface area contributed by atoms with Gasteiger partial charge in [-0.3, -0.25) is 0 Å². The third kappa shape index (κ3) is 4.63. The molecule has 0 amide bonds. The van der Waals surface area contributed by atoms with Crippen molar-refractivity contribution < 1.29 is 18.3 Å². The van der Waals surface area contributed by atoms with Crippen molar-refractivity contribution in [2.24, 2.45) is 0 Å². The molecule has 0 atom stereocenters. The van der Waals surface area contributed by atoms with Crippen LogP contribution in [-0.2, 0) is 16.4 Å². The zero-order valence-electron chi connectivity index (χ0n) is 13.0. The van der Waals surface area contributed by atoms with Crippen LogP contribution in [-0.4, -0.2) is 26.0 Å². The van der Waals surface area contributed by atoms with Gasteiger partial charge in [0.15, 0.2) is 0 Å². The maximum Gasteiger partial charge on any atom is 0.336 e. The maximum absolute atomic E-state index is 12.1. The second-order valence-corrected chi connectivity index (χ2v) is 8.30. The Kier molecular flexibility index (Phi) is 5.56. The fourth-order valence-electron chi connectivity index (χ4n) is 2.25. The summed E-state index contributed by atoms with van der Waals surface area (Å²) in [6.07, 6.45) is 1.47. The molecule has 0 aliphatic carbocycles. The van der Waals surface area contributed by atoms with Crippen molar-refractivity contribution in [2.75, 3.05) is 6.54 Å². The van der Waals surface area contributed by atoms with Crippen molar-refractivity contribution in [3.8, 4) is 0 Å². The van der Waals surface area contributed by atoms with Gasteiger partial charge in [0.05, 0.1) is 5.56 Å². The maximum atomic E-state index is 12.1. The van der Waals surface area contributed by atoms with Gasteiger partial charge in [0, 0.05) is 11.9 Å². The highest BCUT2D eigenvalue weighted by atomic mass is 32.2. The predicted octanol–water partition coefficient (Wildman–Crippen LogP) is 2.97.